The van der Waals surface area contributed by atoms with Gasteiger partial charge >= 0.3 is 5.97 Å². The lowest BCUT2D eigenvalue weighted by Gasteiger charge is -2.26. The van der Waals surface area contributed by atoms with Gasteiger partial charge in [-0.15, -0.1) is 0 Å². The van der Waals surface area contributed by atoms with Crippen molar-refractivity contribution in [1.82, 2.24) is 0 Å². The van der Waals surface area contributed by atoms with Gasteiger partial charge in [-0.1, -0.05) is 13.0 Å². The molecule has 0 heterocycles. The van der Waals surface area contributed by atoms with E-state index >= 15 is 0 Å². The Labute approximate surface area is 91.7 Å². The van der Waals surface area contributed by atoms with Crippen molar-refractivity contribution in [2.75, 3.05) is 0 Å². The Bertz CT molecular complexity index is 255. The highest BCUT2D eigenvalue weighted by atomic mass is 28.4. The topological polar surface area (TPSA) is 66.8 Å². The van der Waals surface area contributed by atoms with Crippen molar-refractivity contribution >= 4 is 14.3 Å². The number of hydrogen-bond acceptors (Lipinski definition) is 3. The summed E-state index contributed by atoms with van der Waals surface area (Å²) in [6, 6.07) is 0. The zero-order valence-electron chi connectivity index (χ0n) is 9.94. The second kappa shape index (κ2) is 5.32. The highest BCUT2D eigenvalue weighted by Gasteiger charge is 2.28. The lowest BCUT2D eigenvalue weighted by molar-refractivity contribution is -0.149. The fraction of sp³-hybridized carbons (Fsp3) is 0.700. The van der Waals surface area contributed by atoms with E-state index in [4.69, 9.17) is 9.53 Å². The van der Waals surface area contributed by atoms with E-state index in [1.165, 1.54) is 0 Å². The molecule has 0 aliphatic carbocycles. The molecular formula is C10H20O4Si. The van der Waals surface area contributed by atoms with Crippen molar-refractivity contribution in [2.24, 2.45) is 5.92 Å². The monoisotopic (exact) mass is 232 g/mol. The molecular weight excluding hydrogens is 212 g/mol. The predicted molar refractivity (Wildman–Crippen MR) is 61.0 cm³/mol. The molecule has 0 aromatic heterocycles. The number of carboxylic acid groups (broad SMARTS) is 1. The van der Waals surface area contributed by atoms with E-state index in [1.807, 2.05) is 19.6 Å². The lowest BCUT2D eigenvalue weighted by Crippen LogP contribution is -2.33. The first-order valence-electron chi connectivity index (χ1n) is 4.95. The van der Waals surface area contributed by atoms with Gasteiger partial charge in [-0.2, -0.15) is 0 Å². The van der Waals surface area contributed by atoms with Gasteiger partial charge in [0.1, 0.15) is 0 Å². The van der Waals surface area contributed by atoms with Gasteiger partial charge in [0.25, 0.3) is 0 Å². The summed E-state index contributed by atoms with van der Waals surface area (Å²) in [4.78, 5) is 10.6. The van der Waals surface area contributed by atoms with Crippen molar-refractivity contribution in [3.63, 3.8) is 0 Å². The molecule has 2 unspecified atom stereocenters. The van der Waals surface area contributed by atoms with Crippen LogP contribution in [0.15, 0.2) is 11.8 Å². The minimum Gasteiger partial charge on any atom is -0.547 e. The molecule has 0 aliphatic rings. The smallest absolute Gasteiger partial charge is 0.333 e. The molecule has 0 fully saturated rings. The maximum Gasteiger partial charge on any atom is 0.333 e. The van der Waals surface area contributed by atoms with E-state index in [9.17, 15) is 9.90 Å². The third-order valence-corrected chi connectivity index (χ3v) is 2.73. The van der Waals surface area contributed by atoms with Crippen LogP contribution in [0.1, 0.15) is 13.8 Å². The molecule has 0 aromatic carbocycles. The van der Waals surface area contributed by atoms with Gasteiger partial charge in [0, 0.05) is 5.92 Å². The van der Waals surface area contributed by atoms with Gasteiger partial charge in [0.2, 0.25) is 8.32 Å². The maximum absolute atomic E-state index is 10.6. The first-order valence-corrected chi connectivity index (χ1v) is 8.36. The fourth-order valence-electron chi connectivity index (χ4n) is 1.14. The average Bonchev–Trinajstić information content (AvgIpc) is 2.10. The number of aliphatic hydroxyl groups is 1. The van der Waals surface area contributed by atoms with Crippen LogP contribution in [0.5, 0.6) is 0 Å². The Hall–Kier alpha value is -0.813. The van der Waals surface area contributed by atoms with Crippen molar-refractivity contribution in [2.45, 2.75) is 39.6 Å². The molecule has 0 spiro atoms. The molecule has 0 aromatic rings. The maximum atomic E-state index is 10.6. The summed E-state index contributed by atoms with van der Waals surface area (Å²) >= 11 is 0. The SMILES string of the molecule is C/C=C(\O[Si](C)(C)C)C(C)C(O)C(=O)O. The number of allylic oxidation sites excluding steroid dienone is 1. The van der Waals surface area contributed by atoms with Crippen LogP contribution in [0.25, 0.3) is 0 Å². The van der Waals surface area contributed by atoms with Crippen molar-refractivity contribution in [3.05, 3.63) is 11.8 Å². The zero-order valence-corrected chi connectivity index (χ0v) is 10.9. The number of aliphatic carboxylic acids is 1. The van der Waals surface area contributed by atoms with E-state index in [0.29, 0.717) is 5.76 Å². The van der Waals surface area contributed by atoms with Gasteiger partial charge in [0.05, 0.1) is 5.76 Å². The lowest BCUT2D eigenvalue weighted by atomic mass is 10.0. The average molecular weight is 232 g/mol. The highest BCUT2D eigenvalue weighted by molar-refractivity contribution is 6.70. The molecule has 2 N–H and O–H groups in total. The number of aliphatic hydroxyl groups excluding tert-OH is 1. The van der Waals surface area contributed by atoms with E-state index < -0.39 is 26.3 Å². The molecule has 0 rings (SSSR count). The molecule has 0 radical (unpaired) electrons. The normalized spacial score (nSPS) is 17.1. The molecule has 88 valence electrons. The van der Waals surface area contributed by atoms with Crippen molar-refractivity contribution in [1.29, 1.82) is 0 Å². The Balaban J connectivity index is 4.64. The third kappa shape index (κ3) is 4.99. The second-order valence-corrected chi connectivity index (χ2v) is 8.91. The fourth-order valence-corrected chi connectivity index (χ4v) is 2.15. The van der Waals surface area contributed by atoms with Gasteiger partial charge in [0.15, 0.2) is 6.10 Å². The molecule has 0 aliphatic heterocycles. The van der Waals surface area contributed by atoms with Crippen LogP contribution in [0, 0.1) is 5.92 Å². The van der Waals surface area contributed by atoms with Crippen LogP contribution < -0.4 is 0 Å². The largest absolute Gasteiger partial charge is 0.547 e. The number of rotatable bonds is 5. The summed E-state index contributed by atoms with van der Waals surface area (Å²) in [5, 5.41) is 18.1. The van der Waals surface area contributed by atoms with Gasteiger partial charge < -0.3 is 14.6 Å². The minimum atomic E-state index is -1.76. The number of hydrogen-bond donors (Lipinski definition) is 2. The minimum absolute atomic E-state index is 0.515. The zero-order chi connectivity index (χ0) is 12.2. The number of carbonyl (C=O) groups is 1. The van der Waals surface area contributed by atoms with Gasteiger partial charge in [-0.25, -0.2) is 4.79 Å². The van der Waals surface area contributed by atoms with Crippen LogP contribution in [0.2, 0.25) is 19.6 Å². The molecule has 4 nitrogen and oxygen atoms in total. The molecule has 0 bridgehead atoms. The molecule has 0 saturated heterocycles. The van der Waals surface area contributed by atoms with Crippen LogP contribution in [-0.4, -0.2) is 30.6 Å². The van der Waals surface area contributed by atoms with Crippen molar-refractivity contribution in [3.8, 4) is 0 Å². The van der Waals surface area contributed by atoms with E-state index in [0.717, 1.165) is 0 Å². The van der Waals surface area contributed by atoms with Crippen molar-refractivity contribution < 1.29 is 19.4 Å². The Morgan fingerprint density at radius 1 is 1.40 bits per heavy atom. The summed E-state index contributed by atoms with van der Waals surface area (Å²) < 4.78 is 5.70. The van der Waals surface area contributed by atoms with Crippen LogP contribution in [0.3, 0.4) is 0 Å². The van der Waals surface area contributed by atoms with Gasteiger partial charge in [-0.3, -0.25) is 0 Å². The van der Waals surface area contributed by atoms with Crippen LogP contribution in [0.4, 0.5) is 0 Å². The number of carboxylic acids is 1. The van der Waals surface area contributed by atoms with E-state index in [1.54, 1.807) is 19.9 Å². The summed E-state index contributed by atoms with van der Waals surface area (Å²) in [6.07, 6.45) is 0.308. The summed E-state index contributed by atoms with van der Waals surface area (Å²) in [5.41, 5.74) is 0. The predicted octanol–water partition coefficient (Wildman–Crippen LogP) is 1.82. The van der Waals surface area contributed by atoms with Crippen LogP contribution in [-0.2, 0) is 9.22 Å². The standard InChI is InChI=1S/C10H20O4Si/c1-6-8(14-15(3,4)5)7(2)9(11)10(12)13/h6-7,9,11H,1-5H3,(H,12,13)/b8-6-. The molecule has 0 saturated carbocycles. The van der Waals surface area contributed by atoms with E-state index in [2.05, 4.69) is 0 Å². The summed E-state index contributed by atoms with van der Waals surface area (Å²) in [6.45, 7) is 9.46. The van der Waals surface area contributed by atoms with Crippen LogP contribution >= 0.6 is 0 Å². The molecule has 15 heavy (non-hydrogen) atoms. The molecule has 5 heteroatoms. The first-order chi connectivity index (χ1) is 6.69. The summed E-state index contributed by atoms with van der Waals surface area (Å²) in [5.74, 6) is -1.18. The quantitative estimate of drug-likeness (QED) is 0.560. The Morgan fingerprint density at radius 3 is 2.13 bits per heavy atom. The second-order valence-electron chi connectivity index (χ2n) is 4.48. The molecule has 2 atom stereocenters. The van der Waals surface area contributed by atoms with Gasteiger partial charge in [-0.05, 0) is 26.6 Å². The third-order valence-electron chi connectivity index (χ3n) is 1.88. The summed E-state index contributed by atoms with van der Waals surface area (Å²) in [7, 11) is -1.76. The Kier molecular flexibility index (Phi) is 5.03. The Morgan fingerprint density at radius 2 is 1.87 bits per heavy atom. The first kappa shape index (κ1) is 14.2. The highest BCUT2D eigenvalue weighted by Crippen LogP contribution is 2.21. The van der Waals surface area contributed by atoms with E-state index in [-0.39, 0.29) is 0 Å². The molecule has 0 amide bonds.